The number of nitrogens with zero attached hydrogens (tertiary/aromatic N) is 1. The molecule has 2 bridgehead atoms. The van der Waals surface area contributed by atoms with Crippen LogP contribution in [0.1, 0.15) is 30.5 Å². The van der Waals surface area contributed by atoms with Gasteiger partial charge in [0.05, 0.1) is 18.8 Å². The van der Waals surface area contributed by atoms with Gasteiger partial charge >= 0.3 is 6.03 Å². The summed E-state index contributed by atoms with van der Waals surface area (Å²) in [5, 5.41) is 3.11. The molecular formula is C19H20N2O3. The highest BCUT2D eigenvalue weighted by atomic mass is 16.5. The lowest BCUT2D eigenvalue weighted by Gasteiger charge is -2.50. The molecule has 0 spiro atoms. The number of hydrogen-bond donors (Lipinski definition) is 1. The maximum absolute atomic E-state index is 12.8. The topological polar surface area (TPSA) is 50.8 Å². The number of methoxy groups -OCH3 is 1. The molecule has 0 aromatic heterocycles. The Kier molecular flexibility index (Phi) is 3.20. The highest BCUT2D eigenvalue weighted by Crippen LogP contribution is 2.46. The van der Waals surface area contributed by atoms with E-state index in [9.17, 15) is 4.79 Å². The molecule has 5 heteroatoms. The molecule has 0 aliphatic carbocycles. The van der Waals surface area contributed by atoms with Gasteiger partial charge in [-0.25, -0.2) is 4.79 Å². The van der Waals surface area contributed by atoms with E-state index >= 15 is 0 Å². The van der Waals surface area contributed by atoms with Gasteiger partial charge in [-0.1, -0.05) is 23.8 Å². The average Bonchev–Trinajstić information content (AvgIpc) is 2.55. The summed E-state index contributed by atoms with van der Waals surface area (Å²) in [6, 6.07) is 13.4. The lowest BCUT2D eigenvalue weighted by Crippen LogP contribution is -2.65. The van der Waals surface area contributed by atoms with Gasteiger partial charge in [-0.05, 0) is 32.0 Å². The Hall–Kier alpha value is -2.69. The van der Waals surface area contributed by atoms with Crippen molar-refractivity contribution in [3.8, 4) is 11.5 Å². The van der Waals surface area contributed by atoms with Crippen molar-refractivity contribution in [1.29, 1.82) is 0 Å². The molecule has 0 unspecified atom stereocenters. The lowest BCUT2D eigenvalue weighted by molar-refractivity contribution is 0.0378. The molecule has 1 fully saturated rings. The van der Waals surface area contributed by atoms with Crippen LogP contribution in [0.15, 0.2) is 42.5 Å². The molecular weight excluding hydrogens is 304 g/mol. The fraction of sp³-hybridized carbons (Fsp3) is 0.316. The molecule has 1 saturated heterocycles. The van der Waals surface area contributed by atoms with Crippen molar-refractivity contribution < 1.29 is 14.3 Å². The monoisotopic (exact) mass is 324 g/mol. The zero-order chi connectivity index (χ0) is 16.9. The Balaban J connectivity index is 1.79. The molecule has 124 valence electrons. The maximum Gasteiger partial charge on any atom is 0.325 e. The van der Waals surface area contributed by atoms with Crippen LogP contribution in [-0.4, -0.2) is 18.9 Å². The van der Waals surface area contributed by atoms with E-state index in [1.54, 1.807) is 12.0 Å². The number of amides is 2. The van der Waals surface area contributed by atoms with Crippen LogP contribution in [0.25, 0.3) is 0 Å². The van der Waals surface area contributed by atoms with Crippen molar-refractivity contribution in [2.45, 2.75) is 32.0 Å². The smallest absolute Gasteiger partial charge is 0.325 e. The third-order valence-electron chi connectivity index (χ3n) is 4.74. The number of hydrogen-bond acceptors (Lipinski definition) is 3. The third kappa shape index (κ3) is 2.19. The van der Waals surface area contributed by atoms with Gasteiger partial charge in [-0.15, -0.1) is 0 Å². The van der Waals surface area contributed by atoms with E-state index in [1.165, 1.54) is 0 Å². The molecule has 2 aliphatic heterocycles. The SMILES string of the molecule is COc1cccc(N2C(=O)N[C@@H]3C[C@]2(C)Oc2ccc(C)cc23)c1. The highest BCUT2D eigenvalue weighted by molar-refractivity contribution is 5.95. The van der Waals surface area contributed by atoms with E-state index < -0.39 is 5.72 Å². The fourth-order valence-corrected chi connectivity index (χ4v) is 3.63. The minimum Gasteiger partial charge on any atom is -0.497 e. The molecule has 2 atom stereocenters. The van der Waals surface area contributed by atoms with Crippen LogP contribution in [0.2, 0.25) is 0 Å². The largest absolute Gasteiger partial charge is 0.497 e. The highest BCUT2D eigenvalue weighted by Gasteiger charge is 2.49. The number of fused-ring (bicyclic) bond motifs is 4. The summed E-state index contributed by atoms with van der Waals surface area (Å²) in [5.41, 5.74) is 2.22. The molecule has 2 aromatic carbocycles. The van der Waals surface area contributed by atoms with Crippen molar-refractivity contribution in [1.82, 2.24) is 5.32 Å². The molecule has 2 amide bonds. The summed E-state index contributed by atoms with van der Waals surface area (Å²) < 4.78 is 11.6. The summed E-state index contributed by atoms with van der Waals surface area (Å²) >= 11 is 0. The van der Waals surface area contributed by atoms with Crippen molar-refractivity contribution in [3.63, 3.8) is 0 Å². The molecule has 2 aliphatic rings. The van der Waals surface area contributed by atoms with Gasteiger partial charge in [-0.3, -0.25) is 4.90 Å². The van der Waals surface area contributed by atoms with Gasteiger partial charge in [0.25, 0.3) is 0 Å². The molecule has 2 heterocycles. The van der Waals surface area contributed by atoms with Gasteiger partial charge in [0, 0.05) is 18.1 Å². The van der Waals surface area contributed by atoms with Gasteiger partial charge in [0.15, 0.2) is 5.72 Å². The fourth-order valence-electron chi connectivity index (χ4n) is 3.63. The summed E-state index contributed by atoms with van der Waals surface area (Å²) in [4.78, 5) is 14.5. The summed E-state index contributed by atoms with van der Waals surface area (Å²) in [6.07, 6.45) is 0.687. The van der Waals surface area contributed by atoms with E-state index in [1.807, 2.05) is 50.2 Å². The molecule has 24 heavy (non-hydrogen) atoms. The van der Waals surface area contributed by atoms with Crippen molar-refractivity contribution >= 4 is 11.7 Å². The number of nitrogens with one attached hydrogen (secondary N) is 1. The van der Waals surface area contributed by atoms with E-state index in [4.69, 9.17) is 9.47 Å². The van der Waals surface area contributed by atoms with Gasteiger partial charge < -0.3 is 14.8 Å². The normalized spacial score (nSPS) is 24.7. The van der Waals surface area contributed by atoms with E-state index in [0.29, 0.717) is 12.2 Å². The molecule has 4 rings (SSSR count). The Labute approximate surface area is 141 Å². The van der Waals surface area contributed by atoms with Gasteiger partial charge in [0.2, 0.25) is 0 Å². The number of carbonyl (C=O) groups excluding carboxylic acids is 1. The number of carbonyl (C=O) groups is 1. The first kappa shape index (κ1) is 14.9. The van der Waals surface area contributed by atoms with Crippen molar-refractivity contribution in [2.24, 2.45) is 0 Å². The number of benzene rings is 2. The maximum atomic E-state index is 12.8. The molecule has 0 saturated carbocycles. The van der Waals surface area contributed by atoms with Crippen LogP contribution in [-0.2, 0) is 0 Å². The van der Waals surface area contributed by atoms with Crippen LogP contribution in [0.5, 0.6) is 11.5 Å². The minimum atomic E-state index is -0.735. The number of ether oxygens (including phenoxy) is 2. The Morgan fingerprint density at radius 1 is 1.29 bits per heavy atom. The first-order valence-corrected chi connectivity index (χ1v) is 8.04. The number of urea groups is 1. The average molecular weight is 324 g/mol. The van der Waals surface area contributed by atoms with Crippen LogP contribution in [0, 0.1) is 6.92 Å². The number of anilines is 1. The first-order chi connectivity index (χ1) is 11.5. The van der Waals surface area contributed by atoms with Crippen LogP contribution < -0.4 is 19.7 Å². The Bertz CT molecular complexity index is 820. The third-order valence-corrected chi connectivity index (χ3v) is 4.74. The van der Waals surface area contributed by atoms with Gasteiger partial charge in [-0.2, -0.15) is 0 Å². The first-order valence-electron chi connectivity index (χ1n) is 8.04. The summed E-state index contributed by atoms with van der Waals surface area (Å²) in [6.45, 7) is 4.00. The van der Waals surface area contributed by atoms with E-state index in [2.05, 4.69) is 11.4 Å². The Morgan fingerprint density at radius 3 is 2.92 bits per heavy atom. The standard InChI is InChI=1S/C19H20N2O3/c1-12-7-8-17-15(9-12)16-11-19(2,24-17)21(18(22)20-16)13-5-4-6-14(10-13)23-3/h4-10,16H,11H2,1-3H3,(H,20,22)/t16-,19+/m1/s1. The van der Waals surface area contributed by atoms with Crippen LogP contribution >= 0.6 is 0 Å². The zero-order valence-corrected chi connectivity index (χ0v) is 14.0. The number of aryl methyl sites for hydroxylation is 1. The number of rotatable bonds is 2. The quantitative estimate of drug-likeness (QED) is 0.915. The van der Waals surface area contributed by atoms with E-state index in [-0.39, 0.29) is 12.1 Å². The predicted octanol–water partition coefficient (Wildman–Crippen LogP) is 3.77. The summed E-state index contributed by atoms with van der Waals surface area (Å²) in [7, 11) is 1.61. The molecule has 1 N–H and O–H groups in total. The van der Waals surface area contributed by atoms with Crippen molar-refractivity contribution in [3.05, 3.63) is 53.6 Å². The van der Waals surface area contributed by atoms with Crippen LogP contribution in [0.4, 0.5) is 10.5 Å². The summed E-state index contributed by atoms with van der Waals surface area (Å²) in [5.74, 6) is 1.53. The molecule has 5 nitrogen and oxygen atoms in total. The van der Waals surface area contributed by atoms with Crippen LogP contribution in [0.3, 0.4) is 0 Å². The molecule has 0 radical (unpaired) electrons. The van der Waals surface area contributed by atoms with Crippen molar-refractivity contribution in [2.75, 3.05) is 12.0 Å². The second kappa shape index (κ2) is 5.16. The minimum absolute atomic E-state index is 0.0343. The predicted molar refractivity (Wildman–Crippen MR) is 91.6 cm³/mol. The van der Waals surface area contributed by atoms with Gasteiger partial charge in [0.1, 0.15) is 11.5 Å². The second-order valence-corrected chi connectivity index (χ2v) is 6.56. The zero-order valence-electron chi connectivity index (χ0n) is 14.0. The Morgan fingerprint density at radius 2 is 2.12 bits per heavy atom. The van der Waals surface area contributed by atoms with E-state index in [0.717, 1.165) is 22.6 Å². The second-order valence-electron chi connectivity index (χ2n) is 6.56. The lowest BCUT2D eigenvalue weighted by atomic mass is 9.89. The molecule has 2 aromatic rings.